The van der Waals surface area contributed by atoms with Gasteiger partial charge in [-0.1, -0.05) is 29.8 Å². The maximum atomic E-state index is 12.9. The molecule has 0 spiro atoms. The highest BCUT2D eigenvalue weighted by molar-refractivity contribution is 6.08. The first-order valence-electron chi connectivity index (χ1n) is 9.26. The second-order valence-corrected chi connectivity index (χ2v) is 7.29. The van der Waals surface area contributed by atoms with E-state index in [4.69, 9.17) is 0 Å². The number of carbonyl (C=O) groups is 1. The van der Waals surface area contributed by atoms with Crippen molar-refractivity contribution in [3.63, 3.8) is 0 Å². The van der Waals surface area contributed by atoms with Crippen LogP contribution in [0, 0.1) is 0 Å². The number of carboxylic acids is 1. The van der Waals surface area contributed by atoms with Gasteiger partial charge in [-0.15, -0.1) is 0 Å². The predicted molar refractivity (Wildman–Crippen MR) is 112 cm³/mol. The van der Waals surface area contributed by atoms with Crippen molar-refractivity contribution in [2.24, 2.45) is 4.99 Å². The molecule has 1 heterocycles. The molecule has 0 fully saturated rings. The minimum Gasteiger partial charge on any atom is -0.479 e. The van der Waals surface area contributed by atoms with Crippen LogP contribution in [0.1, 0.15) is 31.9 Å². The van der Waals surface area contributed by atoms with Gasteiger partial charge >= 0.3 is 12.1 Å². The highest BCUT2D eigenvalue weighted by atomic mass is 19.4. The molecular weight excluding hydrogens is 393 g/mol. The molecular formula is C23H21F3N2O2. The molecule has 30 heavy (non-hydrogen) atoms. The Morgan fingerprint density at radius 3 is 2.37 bits per heavy atom. The summed E-state index contributed by atoms with van der Waals surface area (Å²) in [6.07, 6.45) is 0.669. The first kappa shape index (κ1) is 21.4. The zero-order valence-electron chi connectivity index (χ0n) is 16.7. The number of benzene rings is 2. The standard InChI is InChI=1S/C23H21F3N2O2/c1-14(2)12-17-13-19(28-11-10-27-15(3)21(28)22(29)30)8-9-20(17)16-4-6-18(7-5-16)23(24,25)26/h4-13,21H,1-3H3,(H,29,30). The molecule has 156 valence electrons. The van der Waals surface area contributed by atoms with Crippen molar-refractivity contribution in [3.05, 3.63) is 71.6 Å². The van der Waals surface area contributed by atoms with Gasteiger partial charge in [0.2, 0.25) is 0 Å². The van der Waals surface area contributed by atoms with Crippen molar-refractivity contribution in [1.29, 1.82) is 0 Å². The molecule has 0 amide bonds. The van der Waals surface area contributed by atoms with Gasteiger partial charge in [-0.25, -0.2) is 4.79 Å². The average Bonchev–Trinajstić information content (AvgIpc) is 2.66. The molecule has 0 aromatic heterocycles. The molecule has 0 saturated heterocycles. The Balaban J connectivity index is 2.07. The summed E-state index contributed by atoms with van der Waals surface area (Å²) in [5.74, 6) is -1.02. The molecule has 7 heteroatoms. The lowest BCUT2D eigenvalue weighted by Gasteiger charge is -2.30. The molecule has 0 aliphatic carbocycles. The minimum atomic E-state index is -4.39. The molecule has 3 rings (SSSR count). The molecule has 1 N–H and O–H groups in total. The van der Waals surface area contributed by atoms with E-state index in [1.807, 2.05) is 26.0 Å². The lowest BCUT2D eigenvalue weighted by atomic mass is 9.96. The Hall–Kier alpha value is -3.35. The number of halogens is 3. The summed E-state index contributed by atoms with van der Waals surface area (Å²) < 4.78 is 38.7. The van der Waals surface area contributed by atoms with Crippen LogP contribution in [0.5, 0.6) is 0 Å². The zero-order valence-corrected chi connectivity index (χ0v) is 16.7. The smallest absolute Gasteiger partial charge is 0.416 e. The molecule has 4 nitrogen and oxygen atoms in total. The second-order valence-electron chi connectivity index (χ2n) is 7.29. The maximum Gasteiger partial charge on any atom is 0.416 e. The van der Waals surface area contributed by atoms with E-state index in [1.54, 1.807) is 36.4 Å². The van der Waals surface area contributed by atoms with Crippen LogP contribution < -0.4 is 4.90 Å². The third kappa shape index (κ3) is 4.45. The van der Waals surface area contributed by atoms with Crippen LogP contribution >= 0.6 is 0 Å². The first-order chi connectivity index (χ1) is 14.1. The van der Waals surface area contributed by atoms with Crippen LogP contribution in [0.3, 0.4) is 0 Å². The summed E-state index contributed by atoms with van der Waals surface area (Å²) in [5, 5.41) is 9.62. The molecule has 2 aromatic carbocycles. The highest BCUT2D eigenvalue weighted by Crippen LogP contribution is 2.34. The van der Waals surface area contributed by atoms with Crippen molar-refractivity contribution >= 4 is 23.4 Å². The van der Waals surface area contributed by atoms with E-state index in [-0.39, 0.29) is 0 Å². The largest absolute Gasteiger partial charge is 0.479 e. The summed E-state index contributed by atoms with van der Waals surface area (Å²) in [5.41, 5.74) is 3.59. The van der Waals surface area contributed by atoms with E-state index in [0.717, 1.165) is 28.8 Å². The van der Waals surface area contributed by atoms with Crippen LogP contribution in [0.15, 0.2) is 65.4 Å². The summed E-state index contributed by atoms with van der Waals surface area (Å²) >= 11 is 0. The summed E-state index contributed by atoms with van der Waals surface area (Å²) in [6, 6.07) is 9.46. The normalized spacial score (nSPS) is 16.3. The van der Waals surface area contributed by atoms with Crippen molar-refractivity contribution in [1.82, 2.24) is 0 Å². The van der Waals surface area contributed by atoms with Gasteiger partial charge in [-0.05, 0) is 61.7 Å². The monoisotopic (exact) mass is 414 g/mol. The zero-order chi connectivity index (χ0) is 22.1. The van der Waals surface area contributed by atoms with Crippen molar-refractivity contribution in [2.45, 2.75) is 33.0 Å². The second kappa shape index (κ2) is 8.18. The summed E-state index contributed by atoms with van der Waals surface area (Å²) in [7, 11) is 0. The van der Waals surface area contributed by atoms with E-state index in [2.05, 4.69) is 4.99 Å². The van der Waals surface area contributed by atoms with Gasteiger partial charge in [-0.3, -0.25) is 4.99 Å². The first-order valence-corrected chi connectivity index (χ1v) is 9.26. The number of carboxylic acid groups (broad SMARTS) is 1. The van der Waals surface area contributed by atoms with E-state index in [0.29, 0.717) is 17.0 Å². The van der Waals surface area contributed by atoms with Crippen LogP contribution in [-0.2, 0) is 11.0 Å². The van der Waals surface area contributed by atoms with E-state index in [1.165, 1.54) is 12.1 Å². The van der Waals surface area contributed by atoms with Gasteiger partial charge < -0.3 is 10.0 Å². The number of anilines is 1. The lowest BCUT2D eigenvalue weighted by Crippen LogP contribution is -2.44. The Labute approximate surface area is 172 Å². The van der Waals surface area contributed by atoms with Gasteiger partial charge in [0.1, 0.15) is 0 Å². The lowest BCUT2D eigenvalue weighted by molar-refractivity contribution is -0.138. The van der Waals surface area contributed by atoms with Gasteiger partial charge in [0.05, 0.1) is 5.56 Å². The topological polar surface area (TPSA) is 52.9 Å². The van der Waals surface area contributed by atoms with Gasteiger partial charge in [0.25, 0.3) is 0 Å². The van der Waals surface area contributed by atoms with Gasteiger partial charge in [0, 0.05) is 23.8 Å². The Morgan fingerprint density at radius 2 is 1.80 bits per heavy atom. The number of hydrogen-bond donors (Lipinski definition) is 1. The van der Waals surface area contributed by atoms with Gasteiger partial charge in [-0.2, -0.15) is 13.2 Å². The number of aliphatic imine (C=N–C) groups is 1. The van der Waals surface area contributed by atoms with Crippen LogP contribution in [0.25, 0.3) is 17.2 Å². The summed E-state index contributed by atoms with van der Waals surface area (Å²) in [4.78, 5) is 17.4. The molecule has 1 atom stereocenters. The Morgan fingerprint density at radius 1 is 1.13 bits per heavy atom. The molecule has 1 aliphatic rings. The molecule has 0 bridgehead atoms. The Bertz CT molecular complexity index is 1050. The van der Waals surface area contributed by atoms with Crippen LogP contribution in [0.2, 0.25) is 0 Å². The number of hydrogen-bond acceptors (Lipinski definition) is 3. The average molecular weight is 414 g/mol. The number of aliphatic carboxylic acids is 1. The quantitative estimate of drug-likeness (QED) is 0.668. The molecule has 0 saturated carbocycles. The molecule has 0 radical (unpaired) electrons. The number of nitrogens with zero attached hydrogens (tertiary/aromatic N) is 2. The molecule has 2 aromatic rings. The van der Waals surface area contributed by atoms with E-state index < -0.39 is 23.8 Å². The molecule has 1 aliphatic heterocycles. The van der Waals surface area contributed by atoms with Crippen LogP contribution in [-0.4, -0.2) is 22.8 Å². The molecule has 1 unspecified atom stereocenters. The number of rotatable bonds is 4. The third-order valence-electron chi connectivity index (χ3n) is 4.71. The number of allylic oxidation sites excluding steroid dienone is 1. The van der Waals surface area contributed by atoms with Crippen LogP contribution in [0.4, 0.5) is 18.9 Å². The fourth-order valence-corrected chi connectivity index (χ4v) is 3.36. The fraction of sp³-hybridized carbons (Fsp3) is 0.217. The fourth-order valence-electron chi connectivity index (χ4n) is 3.36. The van der Waals surface area contributed by atoms with Crippen molar-refractivity contribution in [2.75, 3.05) is 4.90 Å². The van der Waals surface area contributed by atoms with Gasteiger partial charge in [0.15, 0.2) is 6.04 Å². The highest BCUT2D eigenvalue weighted by Gasteiger charge is 2.31. The summed E-state index contributed by atoms with van der Waals surface area (Å²) in [6.45, 7) is 5.49. The minimum absolute atomic E-state index is 0.459. The van der Waals surface area contributed by atoms with Crippen molar-refractivity contribution < 1.29 is 23.1 Å². The van der Waals surface area contributed by atoms with Crippen molar-refractivity contribution in [3.8, 4) is 11.1 Å². The Kier molecular flexibility index (Phi) is 5.82. The van der Waals surface area contributed by atoms with E-state index in [9.17, 15) is 23.1 Å². The number of alkyl halides is 3. The SMILES string of the molecule is CC(C)=Cc1cc(N2C=CN=C(C)C2C(=O)O)ccc1-c1ccc(C(F)(F)F)cc1. The predicted octanol–water partition coefficient (Wildman–Crippen LogP) is 6.00. The maximum absolute atomic E-state index is 12.9. The van der Waals surface area contributed by atoms with E-state index >= 15 is 0 Å². The third-order valence-corrected chi connectivity index (χ3v) is 4.71.